The van der Waals surface area contributed by atoms with Crippen LogP contribution in [0.3, 0.4) is 0 Å². The van der Waals surface area contributed by atoms with Crippen molar-refractivity contribution in [3.63, 3.8) is 0 Å². The van der Waals surface area contributed by atoms with Crippen LogP contribution in [0.15, 0.2) is 72.3 Å². The maximum absolute atomic E-state index is 13.6. The van der Waals surface area contributed by atoms with E-state index in [1.165, 1.54) is 24.5 Å². The molecule has 0 bridgehead atoms. The number of amides is 1. The second-order valence-corrected chi connectivity index (χ2v) is 8.55. The van der Waals surface area contributed by atoms with Gasteiger partial charge in [0.15, 0.2) is 11.5 Å². The second-order valence-electron chi connectivity index (χ2n) is 8.55. The molecule has 1 aromatic heterocycles. The Kier molecular flexibility index (Phi) is 6.53. The lowest BCUT2D eigenvalue weighted by atomic mass is 9.91. The molecular formula is C26H22F3N3O4. The maximum atomic E-state index is 13.6. The van der Waals surface area contributed by atoms with Gasteiger partial charge in [-0.05, 0) is 36.1 Å². The summed E-state index contributed by atoms with van der Waals surface area (Å²) in [6.45, 7) is 5.66. The number of carbonyl (C=O) groups is 2. The highest BCUT2D eigenvalue weighted by Crippen LogP contribution is 2.42. The Labute approximate surface area is 204 Å². The average Bonchev–Trinajstić information content (AvgIpc) is 3.09. The lowest BCUT2D eigenvalue weighted by molar-refractivity contribution is -0.274. The minimum Gasteiger partial charge on any atom is -0.503 e. The molecule has 1 aliphatic rings. The van der Waals surface area contributed by atoms with Gasteiger partial charge < -0.3 is 9.84 Å². The summed E-state index contributed by atoms with van der Waals surface area (Å²) in [5, 5.41) is 10.8. The van der Waals surface area contributed by atoms with Crippen molar-refractivity contribution in [1.29, 1.82) is 0 Å². The highest BCUT2D eigenvalue weighted by Gasteiger charge is 2.45. The number of anilines is 1. The Bertz CT molecular complexity index is 1320. The number of hydrogen-bond acceptors (Lipinski definition) is 6. The smallest absolute Gasteiger partial charge is 0.503 e. The Morgan fingerprint density at radius 3 is 2.14 bits per heavy atom. The largest absolute Gasteiger partial charge is 0.573 e. The van der Waals surface area contributed by atoms with Crippen LogP contribution in [0.5, 0.6) is 5.75 Å². The van der Waals surface area contributed by atoms with E-state index >= 15 is 0 Å². The molecule has 36 heavy (non-hydrogen) atoms. The summed E-state index contributed by atoms with van der Waals surface area (Å²) < 4.78 is 41.8. The molecule has 0 aliphatic carbocycles. The van der Waals surface area contributed by atoms with Crippen LogP contribution in [0, 0.1) is 6.92 Å². The molecule has 1 amide bonds. The van der Waals surface area contributed by atoms with Gasteiger partial charge in [0.1, 0.15) is 11.6 Å². The number of ketones is 1. The number of hydrogen-bond donors (Lipinski definition) is 1. The van der Waals surface area contributed by atoms with Gasteiger partial charge in [-0.25, -0.2) is 9.97 Å². The molecule has 0 saturated carbocycles. The third-order valence-corrected chi connectivity index (χ3v) is 5.77. The van der Waals surface area contributed by atoms with Crippen LogP contribution in [-0.4, -0.2) is 33.1 Å². The molecule has 1 N–H and O–H groups in total. The van der Waals surface area contributed by atoms with Crippen molar-refractivity contribution in [2.75, 3.05) is 4.90 Å². The third-order valence-electron chi connectivity index (χ3n) is 5.77. The van der Waals surface area contributed by atoms with Crippen LogP contribution in [0.1, 0.15) is 53.1 Å². The second kappa shape index (κ2) is 9.44. The van der Waals surface area contributed by atoms with Crippen molar-refractivity contribution in [3.05, 3.63) is 94.8 Å². The predicted molar refractivity (Wildman–Crippen MR) is 125 cm³/mol. The molecular weight excluding hydrogens is 475 g/mol. The van der Waals surface area contributed by atoms with E-state index in [0.29, 0.717) is 5.82 Å². The Morgan fingerprint density at radius 2 is 1.61 bits per heavy atom. The Hall–Kier alpha value is -4.21. The van der Waals surface area contributed by atoms with Crippen LogP contribution < -0.4 is 9.64 Å². The van der Waals surface area contributed by atoms with Crippen LogP contribution in [0.4, 0.5) is 18.9 Å². The number of alkyl halides is 3. The molecule has 2 heterocycles. The Balaban J connectivity index is 1.79. The fraction of sp³-hybridized carbons (Fsp3) is 0.231. The first-order chi connectivity index (χ1) is 17.0. The van der Waals surface area contributed by atoms with E-state index in [4.69, 9.17) is 0 Å². The molecule has 0 spiro atoms. The normalized spacial score (nSPS) is 16.1. The maximum Gasteiger partial charge on any atom is 0.573 e. The first kappa shape index (κ1) is 24.9. The molecule has 4 rings (SSSR count). The molecule has 0 saturated heterocycles. The number of ether oxygens (including phenoxy) is 1. The van der Waals surface area contributed by atoms with Crippen LogP contribution in [0.25, 0.3) is 0 Å². The van der Waals surface area contributed by atoms with E-state index in [0.717, 1.165) is 22.6 Å². The lowest BCUT2D eigenvalue weighted by Crippen LogP contribution is -2.31. The zero-order valence-electron chi connectivity index (χ0n) is 19.6. The van der Waals surface area contributed by atoms with E-state index in [1.807, 2.05) is 13.8 Å². The van der Waals surface area contributed by atoms with Gasteiger partial charge in [-0.1, -0.05) is 50.2 Å². The molecule has 0 fully saturated rings. The SMILES string of the molecule is Cc1ncc(N2C(=O)C(O)=C(C(=O)c3ccc(C(C)C)cc3)C2c2ccc(OC(F)(F)F)cc2)cn1. The molecule has 186 valence electrons. The minimum atomic E-state index is -4.88. The van der Waals surface area contributed by atoms with Crippen molar-refractivity contribution in [1.82, 2.24) is 9.97 Å². The van der Waals surface area contributed by atoms with Gasteiger partial charge in [-0.15, -0.1) is 13.2 Å². The zero-order valence-corrected chi connectivity index (χ0v) is 19.6. The van der Waals surface area contributed by atoms with Gasteiger partial charge in [0.2, 0.25) is 0 Å². The van der Waals surface area contributed by atoms with Crippen LogP contribution >= 0.6 is 0 Å². The summed E-state index contributed by atoms with van der Waals surface area (Å²) in [5.74, 6) is -2.00. The number of benzene rings is 2. The number of aryl methyl sites for hydroxylation is 1. The summed E-state index contributed by atoms with van der Waals surface area (Å²) in [6.07, 6.45) is -2.14. The van der Waals surface area contributed by atoms with Gasteiger partial charge in [0.25, 0.3) is 5.91 Å². The fourth-order valence-electron chi connectivity index (χ4n) is 3.96. The number of aromatic nitrogens is 2. The Morgan fingerprint density at radius 1 is 1.03 bits per heavy atom. The number of halogens is 3. The molecule has 1 atom stereocenters. The molecule has 7 nitrogen and oxygen atoms in total. The molecule has 0 radical (unpaired) electrons. The summed E-state index contributed by atoms with van der Waals surface area (Å²) in [5.41, 5.74) is 1.53. The van der Waals surface area contributed by atoms with E-state index in [-0.39, 0.29) is 28.3 Å². The van der Waals surface area contributed by atoms with E-state index in [9.17, 15) is 27.9 Å². The highest BCUT2D eigenvalue weighted by molar-refractivity contribution is 6.20. The zero-order chi connectivity index (χ0) is 26.2. The number of nitrogens with zero attached hydrogens (tertiary/aromatic N) is 3. The topological polar surface area (TPSA) is 92.6 Å². The highest BCUT2D eigenvalue weighted by atomic mass is 19.4. The van der Waals surface area contributed by atoms with Crippen molar-refractivity contribution in [2.45, 2.75) is 39.1 Å². The fourth-order valence-corrected chi connectivity index (χ4v) is 3.96. The van der Waals surface area contributed by atoms with Gasteiger partial charge >= 0.3 is 6.36 Å². The molecule has 10 heteroatoms. The standard InChI is InChI=1S/C26H22F3N3O4/c1-14(2)16-4-6-18(7-5-16)23(33)21-22(17-8-10-20(11-9-17)36-26(27,28)29)32(25(35)24(21)34)19-12-30-15(3)31-13-19/h4-14,22,34H,1-3H3. The monoisotopic (exact) mass is 497 g/mol. The van der Waals surface area contributed by atoms with Crippen molar-refractivity contribution < 1.29 is 32.6 Å². The van der Waals surface area contributed by atoms with E-state index in [1.54, 1.807) is 31.2 Å². The number of rotatable bonds is 6. The number of aliphatic hydroxyl groups is 1. The number of aliphatic hydroxyl groups excluding tert-OH is 1. The summed E-state index contributed by atoms with van der Waals surface area (Å²) in [4.78, 5) is 36.0. The molecule has 1 aliphatic heterocycles. The van der Waals surface area contributed by atoms with Gasteiger partial charge in [0.05, 0.1) is 29.7 Å². The number of carbonyl (C=O) groups excluding carboxylic acids is 2. The number of Topliss-reactive ketones (excluding diaryl/α,β-unsaturated/α-hetero) is 1. The summed E-state index contributed by atoms with van der Waals surface area (Å²) in [6, 6.07) is 10.4. The van der Waals surface area contributed by atoms with Crippen LogP contribution in [-0.2, 0) is 4.79 Å². The van der Waals surface area contributed by atoms with Crippen LogP contribution in [0.2, 0.25) is 0 Å². The van der Waals surface area contributed by atoms with Gasteiger partial charge in [0, 0.05) is 5.56 Å². The molecule has 3 aromatic rings. The summed E-state index contributed by atoms with van der Waals surface area (Å²) >= 11 is 0. The quantitative estimate of drug-likeness (QED) is 0.447. The first-order valence-electron chi connectivity index (χ1n) is 11.0. The van der Waals surface area contributed by atoms with E-state index < -0.39 is 35.6 Å². The minimum absolute atomic E-state index is 0.204. The first-order valence-corrected chi connectivity index (χ1v) is 11.0. The lowest BCUT2D eigenvalue weighted by Gasteiger charge is -2.26. The van der Waals surface area contributed by atoms with Gasteiger partial charge in [-0.2, -0.15) is 0 Å². The van der Waals surface area contributed by atoms with Crippen molar-refractivity contribution >= 4 is 17.4 Å². The summed E-state index contributed by atoms with van der Waals surface area (Å²) in [7, 11) is 0. The van der Waals surface area contributed by atoms with Crippen molar-refractivity contribution in [3.8, 4) is 5.75 Å². The van der Waals surface area contributed by atoms with Gasteiger partial charge in [-0.3, -0.25) is 14.5 Å². The average molecular weight is 497 g/mol. The third kappa shape index (κ3) is 4.93. The molecule has 2 aromatic carbocycles. The van der Waals surface area contributed by atoms with E-state index in [2.05, 4.69) is 14.7 Å². The predicted octanol–water partition coefficient (Wildman–Crippen LogP) is 5.59. The van der Waals surface area contributed by atoms with Crippen molar-refractivity contribution in [2.24, 2.45) is 0 Å². The molecule has 1 unspecified atom stereocenters.